The largest absolute Gasteiger partial charge is 0.493 e. The Labute approximate surface area is 170 Å². The van der Waals surface area contributed by atoms with Gasteiger partial charge < -0.3 is 18.9 Å². The summed E-state index contributed by atoms with van der Waals surface area (Å²) in [7, 11) is 3.05. The average molecular weight is 394 g/mol. The van der Waals surface area contributed by atoms with Crippen molar-refractivity contribution in [2.24, 2.45) is 0 Å². The molecule has 0 unspecified atom stereocenters. The molecule has 0 spiro atoms. The maximum Gasteiger partial charge on any atom is 0.260 e. The quantitative estimate of drug-likeness (QED) is 0.634. The van der Waals surface area contributed by atoms with Crippen molar-refractivity contribution < 1.29 is 14.3 Å². The summed E-state index contributed by atoms with van der Waals surface area (Å²) in [6.07, 6.45) is 1.64. The molecule has 0 radical (unpaired) electrons. The summed E-state index contributed by atoms with van der Waals surface area (Å²) in [6, 6.07) is 11.2. The minimum Gasteiger partial charge on any atom is -0.493 e. The Morgan fingerprint density at radius 1 is 1.03 bits per heavy atom. The van der Waals surface area contributed by atoms with E-state index in [-0.39, 0.29) is 11.5 Å². The third-order valence-electron chi connectivity index (χ3n) is 5.04. The van der Waals surface area contributed by atoms with Crippen LogP contribution in [0.1, 0.15) is 29.8 Å². The highest BCUT2D eigenvalue weighted by molar-refractivity contribution is 6.14. The topological polar surface area (TPSA) is 60.8 Å². The van der Waals surface area contributed by atoms with Gasteiger partial charge in [0.15, 0.2) is 11.5 Å². The Hall–Kier alpha value is -3.28. The van der Waals surface area contributed by atoms with Crippen LogP contribution >= 0.6 is 0 Å². The number of carbonyl (C=O) groups excluding carboxylic acids is 1. The van der Waals surface area contributed by atoms with Gasteiger partial charge in [0.1, 0.15) is 0 Å². The van der Waals surface area contributed by atoms with Gasteiger partial charge in [0, 0.05) is 30.4 Å². The lowest BCUT2D eigenvalue weighted by atomic mass is 10.0. The number of aryl methyl sites for hydroxylation is 2. The number of aromatic nitrogens is 1. The van der Waals surface area contributed by atoms with Crippen molar-refractivity contribution in [2.45, 2.75) is 27.3 Å². The van der Waals surface area contributed by atoms with Crippen LogP contribution in [0.15, 0.2) is 47.4 Å². The molecule has 0 aliphatic rings. The standard InChI is InChI=1S/C23H26N2O4/c1-6-24-14-19(23(27)25(7-2)16-10-8-9-15(3)11-16)17-12-20(28-4)21(29-5)13-18(17)22(24)26/h8-14H,6-7H2,1-5H3. The number of fused-ring (bicyclic) bond motifs is 1. The molecule has 1 heterocycles. The Morgan fingerprint density at radius 2 is 1.69 bits per heavy atom. The van der Waals surface area contributed by atoms with Crippen LogP contribution in [0.4, 0.5) is 5.69 Å². The van der Waals surface area contributed by atoms with Crippen molar-refractivity contribution in [3.63, 3.8) is 0 Å². The number of nitrogens with zero attached hydrogens (tertiary/aromatic N) is 2. The van der Waals surface area contributed by atoms with Crippen molar-refractivity contribution >= 4 is 22.4 Å². The highest BCUT2D eigenvalue weighted by Crippen LogP contribution is 2.33. The van der Waals surface area contributed by atoms with E-state index in [1.54, 1.807) is 27.8 Å². The van der Waals surface area contributed by atoms with E-state index in [4.69, 9.17) is 9.47 Å². The van der Waals surface area contributed by atoms with E-state index in [1.807, 2.05) is 45.0 Å². The second-order valence-electron chi connectivity index (χ2n) is 6.78. The molecule has 0 bridgehead atoms. The first-order chi connectivity index (χ1) is 13.9. The molecule has 0 saturated carbocycles. The highest BCUT2D eigenvalue weighted by atomic mass is 16.5. The number of ether oxygens (including phenoxy) is 2. The summed E-state index contributed by atoms with van der Waals surface area (Å²) < 4.78 is 12.3. The number of amides is 1. The number of hydrogen-bond acceptors (Lipinski definition) is 4. The fourth-order valence-electron chi connectivity index (χ4n) is 3.51. The van der Waals surface area contributed by atoms with E-state index < -0.39 is 0 Å². The zero-order valence-electron chi connectivity index (χ0n) is 17.5. The van der Waals surface area contributed by atoms with E-state index in [0.29, 0.717) is 40.9 Å². The molecule has 6 nitrogen and oxygen atoms in total. The SMILES string of the molecule is CCN(C(=O)c1cn(CC)c(=O)c2cc(OC)c(OC)cc12)c1cccc(C)c1. The lowest BCUT2D eigenvalue weighted by Crippen LogP contribution is -2.32. The van der Waals surface area contributed by atoms with Gasteiger partial charge in [0.25, 0.3) is 11.5 Å². The van der Waals surface area contributed by atoms with E-state index in [2.05, 4.69) is 0 Å². The molecule has 0 atom stereocenters. The molecular formula is C23H26N2O4. The molecule has 3 aromatic rings. The van der Waals surface area contributed by atoms with Gasteiger partial charge in [0.05, 0.1) is 25.2 Å². The summed E-state index contributed by atoms with van der Waals surface area (Å²) >= 11 is 0. The van der Waals surface area contributed by atoms with Crippen LogP contribution in [-0.4, -0.2) is 31.2 Å². The number of pyridine rings is 1. The van der Waals surface area contributed by atoms with Crippen LogP contribution in [0.2, 0.25) is 0 Å². The summed E-state index contributed by atoms with van der Waals surface area (Å²) in [4.78, 5) is 28.2. The number of carbonyl (C=O) groups is 1. The zero-order valence-corrected chi connectivity index (χ0v) is 17.5. The molecule has 0 aliphatic carbocycles. The van der Waals surface area contributed by atoms with E-state index >= 15 is 0 Å². The van der Waals surface area contributed by atoms with Crippen LogP contribution in [-0.2, 0) is 6.54 Å². The molecule has 1 amide bonds. The lowest BCUT2D eigenvalue weighted by Gasteiger charge is -2.23. The first-order valence-electron chi connectivity index (χ1n) is 9.62. The zero-order chi connectivity index (χ0) is 21.1. The summed E-state index contributed by atoms with van der Waals surface area (Å²) in [6.45, 7) is 6.76. The maximum atomic E-state index is 13.6. The van der Waals surface area contributed by atoms with Crippen molar-refractivity contribution in [1.82, 2.24) is 4.57 Å². The second-order valence-corrected chi connectivity index (χ2v) is 6.78. The van der Waals surface area contributed by atoms with Gasteiger partial charge in [-0.3, -0.25) is 9.59 Å². The number of anilines is 1. The molecule has 3 rings (SSSR count). The fourth-order valence-corrected chi connectivity index (χ4v) is 3.51. The van der Waals surface area contributed by atoms with E-state index in [0.717, 1.165) is 11.3 Å². The highest BCUT2D eigenvalue weighted by Gasteiger charge is 2.22. The van der Waals surface area contributed by atoms with Gasteiger partial charge in [0.2, 0.25) is 0 Å². The predicted molar refractivity (Wildman–Crippen MR) is 116 cm³/mol. The van der Waals surface area contributed by atoms with Crippen LogP contribution in [0.5, 0.6) is 11.5 Å². The Balaban J connectivity index is 2.28. The smallest absolute Gasteiger partial charge is 0.260 e. The molecule has 29 heavy (non-hydrogen) atoms. The van der Waals surface area contributed by atoms with Crippen molar-refractivity contribution in [3.8, 4) is 11.5 Å². The molecule has 0 saturated heterocycles. The van der Waals surface area contributed by atoms with Crippen molar-refractivity contribution in [2.75, 3.05) is 25.7 Å². The lowest BCUT2D eigenvalue weighted by molar-refractivity contribution is 0.0989. The summed E-state index contributed by atoms with van der Waals surface area (Å²) in [5.74, 6) is 0.759. The molecule has 1 aromatic heterocycles. The first-order valence-corrected chi connectivity index (χ1v) is 9.62. The minimum atomic E-state index is -0.169. The predicted octanol–water partition coefficient (Wildman–Crippen LogP) is 4.01. The number of rotatable bonds is 6. The van der Waals surface area contributed by atoms with Gasteiger partial charge in [-0.15, -0.1) is 0 Å². The molecule has 0 fully saturated rings. The van der Waals surface area contributed by atoms with Crippen LogP contribution < -0.4 is 19.9 Å². The maximum absolute atomic E-state index is 13.6. The molecule has 2 aromatic carbocycles. The van der Waals surface area contributed by atoms with Crippen molar-refractivity contribution in [3.05, 3.63) is 64.1 Å². The molecule has 0 N–H and O–H groups in total. The van der Waals surface area contributed by atoms with Crippen LogP contribution in [0, 0.1) is 6.92 Å². The Morgan fingerprint density at radius 3 is 2.24 bits per heavy atom. The van der Waals surface area contributed by atoms with Gasteiger partial charge in [-0.05, 0) is 50.6 Å². The van der Waals surface area contributed by atoms with Crippen LogP contribution in [0.3, 0.4) is 0 Å². The number of methoxy groups -OCH3 is 2. The third-order valence-corrected chi connectivity index (χ3v) is 5.04. The van der Waals surface area contributed by atoms with Crippen LogP contribution in [0.25, 0.3) is 10.8 Å². The van der Waals surface area contributed by atoms with Crippen molar-refractivity contribution in [1.29, 1.82) is 0 Å². The normalized spacial score (nSPS) is 10.8. The third kappa shape index (κ3) is 3.70. The second kappa shape index (κ2) is 8.39. The molecule has 152 valence electrons. The van der Waals surface area contributed by atoms with E-state index in [1.165, 1.54) is 14.2 Å². The number of hydrogen-bond donors (Lipinski definition) is 0. The average Bonchev–Trinajstić information content (AvgIpc) is 2.73. The molecule has 6 heteroatoms. The van der Waals surface area contributed by atoms with Gasteiger partial charge in [-0.2, -0.15) is 0 Å². The van der Waals surface area contributed by atoms with E-state index in [9.17, 15) is 9.59 Å². The Bertz CT molecular complexity index is 1120. The van der Waals surface area contributed by atoms with Gasteiger partial charge in [-0.1, -0.05) is 12.1 Å². The van der Waals surface area contributed by atoms with Gasteiger partial charge >= 0.3 is 0 Å². The summed E-state index contributed by atoms with van der Waals surface area (Å²) in [5, 5.41) is 0.976. The molecular weight excluding hydrogens is 368 g/mol. The summed E-state index contributed by atoms with van der Waals surface area (Å²) in [5.41, 5.74) is 2.17. The van der Waals surface area contributed by atoms with Gasteiger partial charge in [-0.25, -0.2) is 0 Å². The number of benzene rings is 2. The molecule has 0 aliphatic heterocycles. The minimum absolute atomic E-state index is 0.168. The monoisotopic (exact) mass is 394 g/mol. The Kier molecular flexibility index (Phi) is 5.92. The first kappa shape index (κ1) is 20.5. The fraction of sp³-hybridized carbons (Fsp3) is 0.304.